The SMILES string of the molecule is CCC1CCCN1S(=O)(=O)C(C)CO. The van der Waals surface area contributed by atoms with Gasteiger partial charge in [-0.2, -0.15) is 4.31 Å². The number of rotatable bonds is 4. The standard InChI is InChI=1S/C9H19NO3S/c1-3-9-5-4-6-10(9)14(12,13)8(2)7-11/h8-9,11H,3-7H2,1-2H3. The van der Waals surface area contributed by atoms with Gasteiger partial charge in [0.25, 0.3) is 0 Å². The van der Waals surface area contributed by atoms with Crippen LogP contribution in [0.25, 0.3) is 0 Å². The van der Waals surface area contributed by atoms with Gasteiger partial charge in [0.05, 0.1) is 11.9 Å². The van der Waals surface area contributed by atoms with Crippen molar-refractivity contribution < 1.29 is 13.5 Å². The number of nitrogens with zero attached hydrogens (tertiary/aromatic N) is 1. The molecule has 0 aromatic carbocycles. The van der Waals surface area contributed by atoms with Gasteiger partial charge in [-0.3, -0.25) is 0 Å². The molecule has 0 spiro atoms. The molecule has 1 aliphatic rings. The van der Waals surface area contributed by atoms with Crippen LogP contribution < -0.4 is 0 Å². The van der Waals surface area contributed by atoms with Crippen LogP contribution in [0.3, 0.4) is 0 Å². The molecule has 0 bridgehead atoms. The summed E-state index contributed by atoms with van der Waals surface area (Å²) in [5.74, 6) is 0. The number of aliphatic hydroxyl groups excluding tert-OH is 1. The van der Waals surface area contributed by atoms with Crippen molar-refractivity contribution in [2.45, 2.75) is 44.4 Å². The monoisotopic (exact) mass is 221 g/mol. The van der Waals surface area contributed by atoms with E-state index in [-0.39, 0.29) is 12.6 Å². The van der Waals surface area contributed by atoms with E-state index in [9.17, 15) is 8.42 Å². The van der Waals surface area contributed by atoms with E-state index in [0.717, 1.165) is 19.3 Å². The molecule has 0 radical (unpaired) electrons. The molecular formula is C9H19NO3S. The Morgan fingerprint density at radius 2 is 2.21 bits per heavy atom. The molecule has 0 aromatic rings. The van der Waals surface area contributed by atoms with Crippen molar-refractivity contribution in [1.82, 2.24) is 4.31 Å². The first-order chi connectivity index (χ1) is 6.54. The Bertz CT molecular complexity index is 276. The van der Waals surface area contributed by atoms with Crippen LogP contribution in [-0.4, -0.2) is 42.3 Å². The van der Waals surface area contributed by atoms with Crippen molar-refractivity contribution in [2.24, 2.45) is 0 Å². The molecule has 1 heterocycles. The van der Waals surface area contributed by atoms with Crippen molar-refractivity contribution in [3.63, 3.8) is 0 Å². The Morgan fingerprint density at radius 1 is 1.57 bits per heavy atom. The summed E-state index contributed by atoms with van der Waals surface area (Å²) in [5.41, 5.74) is 0. The highest BCUT2D eigenvalue weighted by Gasteiger charge is 2.35. The Morgan fingerprint density at radius 3 is 2.71 bits per heavy atom. The van der Waals surface area contributed by atoms with E-state index in [1.54, 1.807) is 11.2 Å². The lowest BCUT2D eigenvalue weighted by molar-refractivity contribution is 0.286. The third kappa shape index (κ3) is 2.10. The van der Waals surface area contributed by atoms with Crippen molar-refractivity contribution in [3.8, 4) is 0 Å². The molecular weight excluding hydrogens is 202 g/mol. The number of sulfonamides is 1. The minimum Gasteiger partial charge on any atom is -0.395 e. The van der Waals surface area contributed by atoms with E-state index in [4.69, 9.17) is 5.11 Å². The highest BCUT2D eigenvalue weighted by Crippen LogP contribution is 2.25. The quantitative estimate of drug-likeness (QED) is 0.755. The number of hydrogen-bond acceptors (Lipinski definition) is 3. The molecule has 2 unspecified atom stereocenters. The first-order valence-corrected chi connectivity index (χ1v) is 6.65. The first-order valence-electron chi connectivity index (χ1n) is 5.15. The van der Waals surface area contributed by atoms with Gasteiger partial charge in [0.1, 0.15) is 0 Å². The van der Waals surface area contributed by atoms with Crippen LogP contribution >= 0.6 is 0 Å². The van der Waals surface area contributed by atoms with Gasteiger partial charge in [-0.1, -0.05) is 6.92 Å². The smallest absolute Gasteiger partial charge is 0.219 e. The fourth-order valence-electron chi connectivity index (χ4n) is 1.88. The van der Waals surface area contributed by atoms with Gasteiger partial charge < -0.3 is 5.11 Å². The molecule has 0 saturated carbocycles. The zero-order valence-corrected chi connectivity index (χ0v) is 9.63. The minimum atomic E-state index is -3.27. The molecule has 1 fully saturated rings. The van der Waals surface area contributed by atoms with Crippen molar-refractivity contribution in [2.75, 3.05) is 13.2 Å². The van der Waals surface area contributed by atoms with Crippen LogP contribution in [0.2, 0.25) is 0 Å². The van der Waals surface area contributed by atoms with Gasteiger partial charge in [-0.15, -0.1) is 0 Å². The Labute approximate surface area is 86.0 Å². The maximum absolute atomic E-state index is 11.9. The lowest BCUT2D eigenvalue weighted by Crippen LogP contribution is -2.41. The molecule has 0 aliphatic carbocycles. The third-order valence-corrected chi connectivity index (χ3v) is 5.19. The summed E-state index contributed by atoms with van der Waals surface area (Å²) >= 11 is 0. The average molecular weight is 221 g/mol. The summed E-state index contributed by atoms with van der Waals surface area (Å²) in [4.78, 5) is 0. The topological polar surface area (TPSA) is 57.6 Å². The van der Waals surface area contributed by atoms with Crippen molar-refractivity contribution >= 4 is 10.0 Å². The second kappa shape index (κ2) is 4.59. The summed E-state index contributed by atoms with van der Waals surface area (Å²) in [6.07, 6.45) is 2.75. The molecule has 5 heteroatoms. The molecule has 4 nitrogen and oxygen atoms in total. The third-order valence-electron chi connectivity index (χ3n) is 2.89. The summed E-state index contributed by atoms with van der Waals surface area (Å²) in [6, 6.07) is 0.147. The summed E-state index contributed by atoms with van der Waals surface area (Å²) in [7, 11) is -3.27. The zero-order valence-electron chi connectivity index (χ0n) is 8.81. The average Bonchev–Trinajstić information content (AvgIpc) is 2.64. The predicted molar refractivity (Wildman–Crippen MR) is 55.5 cm³/mol. The fourth-order valence-corrected chi connectivity index (χ4v) is 3.58. The molecule has 1 N–H and O–H groups in total. The predicted octanol–water partition coefficient (Wildman–Crippen LogP) is 0.571. The molecule has 1 aliphatic heterocycles. The van der Waals surface area contributed by atoms with E-state index in [1.165, 1.54) is 0 Å². The van der Waals surface area contributed by atoms with Gasteiger partial charge >= 0.3 is 0 Å². The van der Waals surface area contributed by atoms with Crippen molar-refractivity contribution in [3.05, 3.63) is 0 Å². The molecule has 0 aromatic heterocycles. The highest BCUT2D eigenvalue weighted by atomic mass is 32.2. The van der Waals surface area contributed by atoms with Crippen LogP contribution in [0, 0.1) is 0 Å². The van der Waals surface area contributed by atoms with Crippen LogP contribution in [0.5, 0.6) is 0 Å². The Kier molecular flexibility index (Phi) is 3.92. The van der Waals surface area contributed by atoms with E-state index < -0.39 is 15.3 Å². The molecule has 84 valence electrons. The lowest BCUT2D eigenvalue weighted by atomic mass is 10.2. The fraction of sp³-hybridized carbons (Fsp3) is 1.00. The summed E-state index contributed by atoms with van der Waals surface area (Å²) in [5, 5.41) is 8.21. The first kappa shape index (κ1) is 11.9. The number of aliphatic hydroxyl groups is 1. The molecule has 1 rings (SSSR count). The largest absolute Gasteiger partial charge is 0.395 e. The minimum absolute atomic E-state index is 0.147. The Balaban J connectivity index is 2.81. The highest BCUT2D eigenvalue weighted by molar-refractivity contribution is 7.89. The zero-order chi connectivity index (χ0) is 10.8. The summed E-state index contributed by atoms with van der Waals surface area (Å²) in [6.45, 7) is 3.88. The van der Waals surface area contributed by atoms with E-state index in [2.05, 4.69) is 0 Å². The number of hydrogen-bond donors (Lipinski definition) is 1. The lowest BCUT2D eigenvalue weighted by Gasteiger charge is -2.25. The van der Waals surface area contributed by atoms with Gasteiger partial charge in [0.2, 0.25) is 10.0 Å². The van der Waals surface area contributed by atoms with Gasteiger partial charge in [-0.25, -0.2) is 8.42 Å². The van der Waals surface area contributed by atoms with Crippen LogP contribution in [0.4, 0.5) is 0 Å². The second-order valence-corrected chi connectivity index (χ2v) is 6.16. The Hall–Kier alpha value is -0.130. The molecule has 1 saturated heterocycles. The molecule has 2 atom stereocenters. The van der Waals surface area contributed by atoms with Gasteiger partial charge in [0.15, 0.2) is 0 Å². The second-order valence-electron chi connectivity index (χ2n) is 3.85. The van der Waals surface area contributed by atoms with E-state index in [0.29, 0.717) is 6.54 Å². The maximum Gasteiger partial charge on any atom is 0.219 e. The van der Waals surface area contributed by atoms with Crippen LogP contribution in [0.15, 0.2) is 0 Å². The van der Waals surface area contributed by atoms with Crippen LogP contribution in [0.1, 0.15) is 33.1 Å². The normalized spacial score (nSPS) is 26.6. The van der Waals surface area contributed by atoms with Gasteiger partial charge in [0, 0.05) is 12.6 Å². The summed E-state index contributed by atoms with van der Waals surface area (Å²) < 4.78 is 25.4. The van der Waals surface area contributed by atoms with Crippen molar-refractivity contribution in [1.29, 1.82) is 0 Å². The molecule has 0 amide bonds. The molecule has 14 heavy (non-hydrogen) atoms. The maximum atomic E-state index is 11.9. The van der Waals surface area contributed by atoms with E-state index >= 15 is 0 Å². The van der Waals surface area contributed by atoms with Gasteiger partial charge in [-0.05, 0) is 26.2 Å². The van der Waals surface area contributed by atoms with Crippen LogP contribution in [-0.2, 0) is 10.0 Å². The van der Waals surface area contributed by atoms with E-state index in [1.807, 2.05) is 6.92 Å².